The molecule has 12 rings (SSSR count). The largest absolute Gasteiger partial charge is 0.497 e. The first kappa shape index (κ1) is 114. The van der Waals surface area contributed by atoms with Gasteiger partial charge in [0, 0.05) is 150 Å². The van der Waals surface area contributed by atoms with Crippen molar-refractivity contribution in [1.82, 2.24) is 39.2 Å². The number of hydroxylamine groups is 2. The van der Waals surface area contributed by atoms with Crippen molar-refractivity contribution in [2.75, 3.05) is 143 Å². The highest BCUT2D eigenvalue weighted by Crippen LogP contribution is 2.53. The van der Waals surface area contributed by atoms with Gasteiger partial charge in [0.15, 0.2) is 17.8 Å². The van der Waals surface area contributed by atoms with Gasteiger partial charge in [0.2, 0.25) is 17.5 Å². The Labute approximate surface area is 855 Å². The molecule has 796 valence electrons. The minimum absolute atomic E-state index is 0.0179. The molecule has 2 fully saturated rings. The number of nitrogens with two attached hydrogens (primary N) is 2. The molecule has 8 aromatic carbocycles. The topological polar surface area (TPSA) is 576 Å². The molecule has 0 radical (unpaired) electrons. The minimum atomic E-state index is -5.11. The van der Waals surface area contributed by atoms with E-state index in [1.54, 1.807) is 131 Å². The lowest BCUT2D eigenvalue weighted by Crippen LogP contribution is -2.49. The number of nitrogens with zero attached hydrogens (tertiary/aromatic N) is 8. The summed E-state index contributed by atoms with van der Waals surface area (Å²) in [5.74, 6) is 8.71. The van der Waals surface area contributed by atoms with Crippen molar-refractivity contribution >= 4 is 136 Å². The van der Waals surface area contributed by atoms with Gasteiger partial charge in [-0.25, -0.2) is 31.8 Å². The molecule has 43 nitrogen and oxygen atoms in total. The number of piperazine rings is 2. The Balaban J connectivity index is 0.663. The van der Waals surface area contributed by atoms with E-state index in [0.29, 0.717) is 189 Å². The highest BCUT2D eigenvalue weighted by Gasteiger charge is 2.48. The van der Waals surface area contributed by atoms with Crippen LogP contribution in [0.1, 0.15) is 114 Å². The summed E-state index contributed by atoms with van der Waals surface area (Å²) in [7, 11) is -23.5. The molecule has 1 unspecified atom stereocenters. The number of anilines is 1. The molecule has 0 aliphatic carbocycles. The fraction of sp³-hybridized carbons (Fsp3) is 0.418. The fourth-order valence-electron chi connectivity index (χ4n) is 18.2. The number of hydrogen-bond donors (Lipinski definition) is 9. The number of carbonyl (C=O) groups excluding carboxylic acids is 6. The Morgan fingerprint density at radius 1 is 0.497 bits per heavy atom. The normalized spacial score (nSPS) is 16.2. The van der Waals surface area contributed by atoms with Gasteiger partial charge in [0.1, 0.15) is 35.3 Å². The first-order valence-corrected chi connectivity index (χ1v) is 55.6. The number of nitrogens with one attached hydrogen (secondary N) is 2. The zero-order valence-electron chi connectivity index (χ0n) is 81.7. The van der Waals surface area contributed by atoms with Gasteiger partial charge >= 0.3 is 24.1 Å². The molecule has 4 amide bonds. The molecular weight excluding hydrogens is 2030 g/mol. The van der Waals surface area contributed by atoms with E-state index in [1.165, 1.54) is 31.4 Å². The maximum atomic E-state index is 14.5. The van der Waals surface area contributed by atoms with Crippen molar-refractivity contribution in [2.24, 2.45) is 11.8 Å². The van der Waals surface area contributed by atoms with Crippen LogP contribution in [0.25, 0.3) is 32.7 Å². The summed E-state index contributed by atoms with van der Waals surface area (Å²) in [4.78, 5) is 105. The molecule has 0 spiro atoms. The van der Waals surface area contributed by atoms with E-state index in [-0.39, 0.29) is 130 Å². The zero-order chi connectivity index (χ0) is 106. The second-order valence-corrected chi connectivity index (χ2v) is 44.3. The Morgan fingerprint density at radius 3 is 1.46 bits per heavy atom. The van der Waals surface area contributed by atoms with Crippen LogP contribution in [0.5, 0.6) is 5.75 Å². The number of allylic oxidation sites excluding steroid dienone is 6. The second-order valence-electron chi connectivity index (χ2n) is 36.0. The minimum Gasteiger partial charge on any atom is -0.497 e. The van der Waals surface area contributed by atoms with Crippen molar-refractivity contribution < 1.29 is 145 Å². The standard InChI is InChI=1S/C98H122N12O31S6/c1-97(2)87(107(81-39-37-77-79(91(81)97)63-75(144(121,122)123)65-85(77)146(127,128)129)45-19-9-17-27-89(111)105-51-47-103(48-52-105)55-57-134-59-61-138-109(142(117)118)83(93(113)140-99)41-43-101-95(115)136-67-69-21-11-6-12-22-69)25-15-8-16-26-88-98(3,4)92-80-64-76(145(124,125)126)66-86(147(130,131)132)78(80)38-40-82(92)108(88)46-20-10-18-28-90(112)106-53-49-104(50-54-106)56-58-135-60-62-139-110(84(94(114)141-100)42-44-102-96(116)137-68-70-23-13-7-14-24-70)143(119,120)74-35-31-72(32-36-74)71-29-33-73(133-5)34-30-71/h6-8,11-16,21-26,29-40,63-66,83-84H,9-10,17-20,27-28,41-62,67-68,99-100H2,1-5H3,(H6-,101,102,115,116,117,118,121,122,123,124,125,126,127,128,129,130,131,132)/p+1/t83-,84+/m0/s1. The Kier molecular flexibility index (Phi) is 40.1. The molecule has 2 saturated heterocycles. The summed E-state index contributed by atoms with van der Waals surface area (Å²) in [5.41, 5.74) is 4.04. The van der Waals surface area contributed by atoms with Crippen molar-refractivity contribution in [3.63, 3.8) is 0 Å². The Morgan fingerprint density at radius 2 is 0.973 bits per heavy atom. The highest BCUT2D eigenvalue weighted by molar-refractivity contribution is 7.89. The summed E-state index contributed by atoms with van der Waals surface area (Å²) < 4.78 is 228. The van der Waals surface area contributed by atoms with Crippen LogP contribution in [0.2, 0.25) is 0 Å². The maximum Gasteiger partial charge on any atom is 0.407 e. The van der Waals surface area contributed by atoms with E-state index in [2.05, 4.69) is 30.1 Å². The molecule has 4 aliphatic rings. The van der Waals surface area contributed by atoms with Crippen molar-refractivity contribution in [1.29, 1.82) is 0 Å². The number of unbranched alkanes of at least 4 members (excludes halogenated alkanes) is 4. The first-order chi connectivity index (χ1) is 69.9. The van der Waals surface area contributed by atoms with Crippen LogP contribution < -0.4 is 32.1 Å². The van der Waals surface area contributed by atoms with Gasteiger partial charge in [-0.2, -0.15) is 50.0 Å². The monoisotopic (exact) mass is 2160 g/mol. The van der Waals surface area contributed by atoms with E-state index in [0.717, 1.165) is 23.3 Å². The number of ether oxygens (including phenoxy) is 5. The number of sulfonamides is 1. The molecule has 11 N–H and O–H groups in total. The number of hydrogen-bond acceptors (Lipinski definition) is 31. The molecule has 8 aromatic rings. The lowest BCUT2D eigenvalue weighted by atomic mass is 9.79. The third kappa shape index (κ3) is 30.0. The second kappa shape index (κ2) is 51.6. The van der Waals surface area contributed by atoms with E-state index < -0.39 is 128 Å². The van der Waals surface area contributed by atoms with E-state index >= 15 is 0 Å². The Hall–Kier alpha value is -11.5. The summed E-state index contributed by atoms with van der Waals surface area (Å²) in [6.07, 6.45) is 10.1. The van der Waals surface area contributed by atoms with Crippen LogP contribution >= 0.6 is 0 Å². The molecular formula is C98H123N12O31S6+. The molecule has 0 aromatic heterocycles. The number of rotatable bonds is 52. The van der Waals surface area contributed by atoms with E-state index in [9.17, 15) is 97.8 Å². The maximum absolute atomic E-state index is 14.5. The van der Waals surface area contributed by atoms with Gasteiger partial charge in [0.05, 0.1) is 66.9 Å². The summed E-state index contributed by atoms with van der Waals surface area (Å²) in [5, 5.41) is 5.14. The van der Waals surface area contributed by atoms with Gasteiger partial charge in [0.25, 0.3) is 61.8 Å². The number of fused-ring (bicyclic) bond motifs is 6. The van der Waals surface area contributed by atoms with Crippen molar-refractivity contribution in [3.05, 3.63) is 216 Å². The molecule has 4 aliphatic heterocycles. The number of methoxy groups -OCH3 is 1. The quantitative estimate of drug-likeness (QED) is 0.00427. The van der Waals surface area contributed by atoms with E-state index in [1.807, 2.05) is 55.4 Å². The van der Waals surface area contributed by atoms with Gasteiger partial charge in [-0.1, -0.05) is 138 Å². The molecule has 147 heavy (non-hydrogen) atoms. The lowest BCUT2D eigenvalue weighted by Gasteiger charge is -2.34. The van der Waals surface area contributed by atoms with Crippen LogP contribution in [0, 0.1) is 0 Å². The average molecular weight is 2160 g/mol. The smallest absolute Gasteiger partial charge is 0.407 e. The first-order valence-electron chi connectivity index (χ1n) is 47.4. The van der Waals surface area contributed by atoms with Gasteiger partial charge < -0.3 is 58.7 Å². The number of alkyl carbamates (subject to hydrolysis) is 2. The zero-order valence-corrected chi connectivity index (χ0v) is 86.6. The van der Waals surface area contributed by atoms with E-state index in [4.69, 9.17) is 45.2 Å². The van der Waals surface area contributed by atoms with Crippen LogP contribution in [-0.2, 0) is 143 Å². The van der Waals surface area contributed by atoms with Crippen LogP contribution in [-0.4, -0.2) is 294 Å². The third-order valence-electron chi connectivity index (χ3n) is 25.7. The van der Waals surface area contributed by atoms with Gasteiger partial charge in [-0.3, -0.25) is 51.8 Å². The SMILES string of the molecule is COc1ccc(-c2ccc(S(=O)(=O)N(OCCOCCN3CCN(C(=O)CCCCCN4C(=CC=CC=CC5=[N+](CCCCCC(=O)N6CCN(CCOCCON([C@@H](CCNC(=O)OCc7ccccc7)C(=O)ON)S(=O)O)CC6)c6ccc7c(S(=O)(=O)O)cc(S(=O)(=O)O)cc7c6C5(C)C)C(C)(C)c5c4ccc4c(S(=O)(=O)O)cc(S(=O)(=O)O)cc54)CC3)[C@H](CCNC(=O)OCc3ccccc3)C(=O)ON)cc2)cc1. The predicted octanol–water partition coefficient (Wildman–Crippen LogP) is 9.46. The fourth-order valence-corrected chi connectivity index (χ4v) is 22.9. The van der Waals surface area contributed by atoms with Crippen LogP contribution in [0.4, 0.5) is 21.0 Å². The van der Waals surface area contributed by atoms with Crippen LogP contribution in [0.3, 0.4) is 0 Å². The van der Waals surface area contributed by atoms with Gasteiger partial charge in [-0.05, 0) is 158 Å². The highest BCUT2D eigenvalue weighted by atomic mass is 32.2. The average Bonchev–Trinajstić information content (AvgIpc) is 1.57. The van der Waals surface area contributed by atoms with Crippen molar-refractivity contribution in [2.45, 2.75) is 153 Å². The summed E-state index contributed by atoms with van der Waals surface area (Å²) in [6, 6.07) is 37.5. The number of amides is 4. The third-order valence-corrected chi connectivity index (χ3v) is 31.5. The van der Waals surface area contributed by atoms with Crippen molar-refractivity contribution in [3.8, 4) is 16.9 Å². The molecule has 49 heteroatoms. The summed E-state index contributed by atoms with van der Waals surface area (Å²) >= 11 is -2.85. The number of carbonyl (C=O) groups is 6. The summed E-state index contributed by atoms with van der Waals surface area (Å²) in [6.45, 7) is 11.7. The predicted molar refractivity (Wildman–Crippen MR) is 540 cm³/mol. The lowest BCUT2D eigenvalue weighted by molar-refractivity contribution is -0.438. The number of benzene rings is 8. The Bertz CT molecular complexity index is 6790. The molecule has 0 saturated carbocycles. The molecule has 3 atom stereocenters. The van der Waals surface area contributed by atoms with Gasteiger partial charge in [-0.15, -0.1) is 0 Å². The molecule has 0 bridgehead atoms. The molecule has 4 heterocycles. The van der Waals surface area contributed by atoms with Crippen LogP contribution in [0.15, 0.2) is 218 Å².